The van der Waals surface area contributed by atoms with E-state index in [1.807, 2.05) is 6.92 Å². The summed E-state index contributed by atoms with van der Waals surface area (Å²) in [6, 6.07) is 1.67. The zero-order chi connectivity index (χ0) is 14.7. The van der Waals surface area contributed by atoms with E-state index >= 15 is 0 Å². The van der Waals surface area contributed by atoms with Crippen molar-refractivity contribution in [2.45, 2.75) is 26.7 Å². The van der Waals surface area contributed by atoms with Crippen LogP contribution in [0, 0.1) is 12.8 Å². The maximum absolute atomic E-state index is 12.1. The fraction of sp³-hybridized carbons (Fsp3) is 0.571. The van der Waals surface area contributed by atoms with Gasteiger partial charge in [-0.05, 0) is 31.7 Å². The van der Waals surface area contributed by atoms with Gasteiger partial charge < -0.3 is 14.7 Å². The Balaban J connectivity index is 1.94. The molecule has 1 N–H and O–H groups in total. The molecule has 110 valence electrons. The van der Waals surface area contributed by atoms with E-state index < -0.39 is 5.97 Å². The first-order valence-corrected chi connectivity index (χ1v) is 7.53. The maximum atomic E-state index is 12.1. The number of aryl methyl sites for hydroxylation is 1. The first kappa shape index (κ1) is 14.8. The van der Waals surface area contributed by atoms with Crippen molar-refractivity contribution in [2.24, 2.45) is 5.92 Å². The molecular formula is C14H19NO4S. The van der Waals surface area contributed by atoms with Crippen LogP contribution in [0.3, 0.4) is 0 Å². The molecule has 6 heteroatoms. The molecule has 1 saturated heterocycles. The fourth-order valence-corrected chi connectivity index (χ4v) is 3.19. The Morgan fingerprint density at radius 2 is 2.30 bits per heavy atom. The lowest BCUT2D eigenvalue weighted by molar-refractivity contribution is -0.135. The van der Waals surface area contributed by atoms with Crippen LogP contribution in [0.2, 0.25) is 0 Å². The molecule has 0 saturated carbocycles. The number of thiophene rings is 1. The number of piperidine rings is 1. The summed E-state index contributed by atoms with van der Waals surface area (Å²) in [5.41, 5.74) is 0. The lowest BCUT2D eigenvalue weighted by Gasteiger charge is -2.30. The molecule has 1 unspecified atom stereocenters. The van der Waals surface area contributed by atoms with E-state index in [1.54, 1.807) is 11.0 Å². The minimum absolute atomic E-state index is 0.0725. The highest BCUT2D eigenvalue weighted by molar-refractivity contribution is 7.14. The molecule has 1 aliphatic rings. The van der Waals surface area contributed by atoms with Gasteiger partial charge in [-0.1, -0.05) is 6.92 Å². The number of carboxylic acid groups (broad SMARTS) is 1. The molecule has 0 aliphatic carbocycles. The van der Waals surface area contributed by atoms with Crippen molar-refractivity contribution in [2.75, 3.05) is 19.7 Å². The third-order valence-corrected chi connectivity index (χ3v) is 4.40. The number of rotatable bonds is 4. The quantitative estimate of drug-likeness (QED) is 0.926. The minimum atomic E-state index is -1.02. The van der Waals surface area contributed by atoms with E-state index in [9.17, 15) is 9.59 Å². The topological polar surface area (TPSA) is 66.8 Å². The first-order chi connectivity index (χ1) is 9.47. The number of carboxylic acids is 1. The van der Waals surface area contributed by atoms with Gasteiger partial charge in [0.1, 0.15) is 5.75 Å². The van der Waals surface area contributed by atoms with Gasteiger partial charge in [0.05, 0.1) is 0 Å². The molecule has 1 aliphatic heterocycles. The number of likely N-dealkylation sites (tertiary alicyclic amines) is 1. The van der Waals surface area contributed by atoms with Gasteiger partial charge >= 0.3 is 5.97 Å². The number of nitrogens with zero attached hydrogens (tertiary/aromatic N) is 1. The number of hydrogen-bond acceptors (Lipinski definition) is 4. The average molecular weight is 297 g/mol. The van der Waals surface area contributed by atoms with E-state index in [2.05, 4.69) is 6.92 Å². The first-order valence-electron chi connectivity index (χ1n) is 6.71. The van der Waals surface area contributed by atoms with E-state index in [1.165, 1.54) is 0 Å². The standard InChI is InChI=1S/C14H19NO4S/c1-9-4-3-5-15(7-9)12(16)8-19-11-6-10(2)20-13(11)14(17)18/h6,9H,3-5,7-8H2,1-2H3,(H,17,18). The molecule has 1 amide bonds. The highest BCUT2D eigenvalue weighted by Gasteiger charge is 2.22. The van der Waals surface area contributed by atoms with Crippen molar-refractivity contribution in [1.29, 1.82) is 0 Å². The second kappa shape index (κ2) is 6.26. The SMILES string of the molecule is Cc1cc(OCC(=O)N2CCCC(C)C2)c(C(=O)O)s1. The zero-order valence-corrected chi connectivity index (χ0v) is 12.5. The highest BCUT2D eigenvalue weighted by atomic mass is 32.1. The van der Waals surface area contributed by atoms with Crippen molar-refractivity contribution in [3.05, 3.63) is 15.8 Å². The van der Waals surface area contributed by atoms with Gasteiger partial charge in [-0.3, -0.25) is 4.79 Å². The van der Waals surface area contributed by atoms with Crippen LogP contribution < -0.4 is 4.74 Å². The fourth-order valence-electron chi connectivity index (χ4n) is 2.39. The number of hydrogen-bond donors (Lipinski definition) is 1. The molecule has 2 heterocycles. The molecule has 1 fully saturated rings. The van der Waals surface area contributed by atoms with Crippen LogP contribution in [0.1, 0.15) is 34.3 Å². The van der Waals surface area contributed by atoms with Crippen molar-refractivity contribution in [1.82, 2.24) is 4.90 Å². The predicted octanol–water partition coefficient (Wildman–Crippen LogP) is 2.39. The summed E-state index contributed by atoms with van der Waals surface area (Å²) in [4.78, 5) is 25.9. The van der Waals surface area contributed by atoms with Crippen molar-refractivity contribution in [3.8, 4) is 5.75 Å². The lowest BCUT2D eigenvalue weighted by atomic mass is 10.0. The highest BCUT2D eigenvalue weighted by Crippen LogP contribution is 2.29. The number of carbonyl (C=O) groups is 2. The van der Waals surface area contributed by atoms with Gasteiger partial charge in [-0.2, -0.15) is 0 Å². The molecule has 1 aromatic rings. The maximum Gasteiger partial charge on any atom is 0.349 e. The van der Waals surface area contributed by atoms with Crippen LogP contribution in [0.5, 0.6) is 5.75 Å². The Kier molecular flexibility index (Phi) is 4.65. The lowest BCUT2D eigenvalue weighted by Crippen LogP contribution is -2.41. The van der Waals surface area contributed by atoms with Crippen molar-refractivity contribution >= 4 is 23.2 Å². The van der Waals surface area contributed by atoms with E-state index in [-0.39, 0.29) is 17.4 Å². The third kappa shape index (κ3) is 3.50. The second-order valence-corrected chi connectivity index (χ2v) is 6.49. The Hall–Kier alpha value is -1.56. The monoisotopic (exact) mass is 297 g/mol. The van der Waals surface area contributed by atoms with Gasteiger partial charge in [0.25, 0.3) is 5.91 Å². The smallest absolute Gasteiger partial charge is 0.349 e. The molecule has 20 heavy (non-hydrogen) atoms. The van der Waals surface area contributed by atoms with Crippen LogP contribution in [0.15, 0.2) is 6.07 Å². The summed E-state index contributed by atoms with van der Waals surface area (Å²) in [5, 5.41) is 9.06. The molecule has 0 aromatic carbocycles. The second-order valence-electron chi connectivity index (χ2n) is 5.23. The van der Waals surface area contributed by atoms with Crippen LogP contribution in [0.25, 0.3) is 0 Å². The molecule has 5 nitrogen and oxygen atoms in total. The Bertz CT molecular complexity index is 511. The van der Waals surface area contributed by atoms with Gasteiger partial charge in [-0.25, -0.2) is 4.79 Å². The Morgan fingerprint density at radius 1 is 1.55 bits per heavy atom. The minimum Gasteiger partial charge on any atom is -0.482 e. The van der Waals surface area contributed by atoms with E-state index in [0.29, 0.717) is 11.7 Å². The summed E-state index contributed by atoms with van der Waals surface area (Å²) >= 11 is 1.16. The summed E-state index contributed by atoms with van der Waals surface area (Å²) in [7, 11) is 0. The van der Waals surface area contributed by atoms with Crippen LogP contribution >= 0.6 is 11.3 Å². The molecule has 1 aromatic heterocycles. The largest absolute Gasteiger partial charge is 0.482 e. The molecule has 0 spiro atoms. The molecule has 0 bridgehead atoms. The summed E-state index contributed by atoms with van der Waals surface area (Å²) in [6.45, 7) is 5.38. The van der Waals surface area contributed by atoms with Gasteiger partial charge in [-0.15, -0.1) is 11.3 Å². The molecular weight excluding hydrogens is 278 g/mol. The molecule has 2 rings (SSSR count). The average Bonchev–Trinajstić information content (AvgIpc) is 2.77. The number of carbonyl (C=O) groups excluding carboxylic acids is 1. The Labute approximate surface area is 122 Å². The Morgan fingerprint density at radius 3 is 2.95 bits per heavy atom. The van der Waals surface area contributed by atoms with E-state index in [0.717, 1.165) is 42.1 Å². The van der Waals surface area contributed by atoms with Gasteiger partial charge in [0, 0.05) is 18.0 Å². The zero-order valence-electron chi connectivity index (χ0n) is 11.7. The molecule has 1 atom stereocenters. The van der Waals surface area contributed by atoms with Crippen LogP contribution in [-0.2, 0) is 4.79 Å². The number of amides is 1. The predicted molar refractivity (Wildman–Crippen MR) is 76.5 cm³/mol. The van der Waals surface area contributed by atoms with Crippen molar-refractivity contribution in [3.63, 3.8) is 0 Å². The number of ether oxygens (including phenoxy) is 1. The van der Waals surface area contributed by atoms with Crippen LogP contribution in [0.4, 0.5) is 0 Å². The van der Waals surface area contributed by atoms with Gasteiger partial charge in [0.15, 0.2) is 11.5 Å². The summed E-state index contributed by atoms with van der Waals surface area (Å²) in [5.74, 6) is -0.280. The summed E-state index contributed by atoms with van der Waals surface area (Å²) < 4.78 is 5.41. The van der Waals surface area contributed by atoms with Crippen molar-refractivity contribution < 1.29 is 19.4 Å². The van der Waals surface area contributed by atoms with Gasteiger partial charge in [0.2, 0.25) is 0 Å². The third-order valence-electron chi connectivity index (χ3n) is 3.38. The summed E-state index contributed by atoms with van der Waals surface area (Å²) in [6.07, 6.45) is 2.17. The normalized spacial score (nSPS) is 18.9. The molecule has 0 radical (unpaired) electrons. The van der Waals surface area contributed by atoms with Crippen LogP contribution in [-0.4, -0.2) is 41.6 Å². The van der Waals surface area contributed by atoms with E-state index in [4.69, 9.17) is 9.84 Å². The number of aromatic carboxylic acids is 1.